The molecule has 0 bridgehead atoms. The van der Waals surface area contributed by atoms with E-state index in [0.29, 0.717) is 19.6 Å². The molecular weight excluding hydrogens is 244 g/mol. The molecule has 1 aliphatic rings. The summed E-state index contributed by atoms with van der Waals surface area (Å²) in [6.45, 7) is 7.07. The lowest BCUT2D eigenvalue weighted by Crippen LogP contribution is -2.47. The van der Waals surface area contributed by atoms with Crippen LogP contribution in [0.5, 0.6) is 0 Å². The van der Waals surface area contributed by atoms with Gasteiger partial charge in [0.15, 0.2) is 0 Å². The molecule has 0 aromatic rings. The largest absolute Gasteiger partial charge is 0.383 e. The minimum atomic E-state index is -0.656. The van der Waals surface area contributed by atoms with E-state index in [2.05, 4.69) is 0 Å². The molecular formula is C14H28N2O3. The van der Waals surface area contributed by atoms with Crippen molar-refractivity contribution in [2.75, 3.05) is 20.3 Å². The van der Waals surface area contributed by atoms with Crippen molar-refractivity contribution in [2.24, 2.45) is 5.73 Å². The smallest absolute Gasteiger partial charge is 0.291 e. The first kappa shape index (κ1) is 18.1. The van der Waals surface area contributed by atoms with Crippen LogP contribution in [-0.2, 0) is 14.3 Å². The number of hydrogen-bond donors (Lipinski definition) is 1. The normalized spacial score (nSPS) is 19.6. The Morgan fingerprint density at radius 1 is 1.42 bits per heavy atom. The van der Waals surface area contributed by atoms with Gasteiger partial charge in [0.25, 0.3) is 5.91 Å². The van der Waals surface area contributed by atoms with Gasteiger partial charge in [-0.3, -0.25) is 9.59 Å². The van der Waals surface area contributed by atoms with Crippen LogP contribution in [0.3, 0.4) is 0 Å². The summed E-state index contributed by atoms with van der Waals surface area (Å²) in [6, 6.07) is -0.624. The molecule has 19 heavy (non-hydrogen) atoms. The van der Waals surface area contributed by atoms with Crippen LogP contribution in [0.4, 0.5) is 0 Å². The Morgan fingerprint density at radius 3 is 2.58 bits per heavy atom. The molecule has 0 aromatic heterocycles. The van der Waals surface area contributed by atoms with Crippen molar-refractivity contribution in [1.29, 1.82) is 0 Å². The third-order valence-electron chi connectivity index (χ3n) is 3.14. The Labute approximate surface area is 116 Å². The van der Waals surface area contributed by atoms with Crippen molar-refractivity contribution in [1.82, 2.24) is 4.90 Å². The fraction of sp³-hybridized carbons (Fsp3) is 0.857. The van der Waals surface area contributed by atoms with Crippen LogP contribution in [0.2, 0.25) is 0 Å². The summed E-state index contributed by atoms with van der Waals surface area (Å²) in [5, 5.41) is 0. The van der Waals surface area contributed by atoms with Gasteiger partial charge in [-0.25, -0.2) is 0 Å². The maximum atomic E-state index is 12.0. The van der Waals surface area contributed by atoms with Gasteiger partial charge in [-0.2, -0.15) is 0 Å². The highest BCUT2D eigenvalue weighted by atomic mass is 16.5. The summed E-state index contributed by atoms with van der Waals surface area (Å²) in [5.41, 5.74) is 5.69. The number of Topliss-reactive ketones (excluding diaryl/α,β-unsaturated/α-hetero) is 1. The summed E-state index contributed by atoms with van der Waals surface area (Å²) in [6.07, 6.45) is 3.20. The Kier molecular flexibility index (Phi) is 9.43. The summed E-state index contributed by atoms with van der Waals surface area (Å²) >= 11 is 0. The average molecular weight is 272 g/mol. The summed E-state index contributed by atoms with van der Waals surface area (Å²) in [7, 11) is 1.60. The zero-order valence-corrected chi connectivity index (χ0v) is 12.6. The van der Waals surface area contributed by atoms with Gasteiger partial charge in [0.2, 0.25) is 5.78 Å². The number of hydrogen-bond acceptors (Lipinski definition) is 4. The molecule has 0 spiro atoms. The molecule has 0 saturated carbocycles. The van der Waals surface area contributed by atoms with Gasteiger partial charge in [-0.05, 0) is 19.3 Å². The predicted octanol–water partition coefficient (Wildman–Crippen LogP) is 1.35. The minimum absolute atomic E-state index is 0.0327. The summed E-state index contributed by atoms with van der Waals surface area (Å²) in [4.78, 5) is 25.4. The van der Waals surface area contributed by atoms with Crippen LogP contribution in [0, 0.1) is 0 Å². The molecule has 1 amide bonds. The van der Waals surface area contributed by atoms with E-state index in [4.69, 9.17) is 10.5 Å². The number of ketones is 1. The monoisotopic (exact) mass is 272 g/mol. The van der Waals surface area contributed by atoms with Gasteiger partial charge in [0.1, 0.15) is 0 Å². The average Bonchev–Trinajstić information content (AvgIpc) is 2.88. The van der Waals surface area contributed by atoms with Crippen molar-refractivity contribution in [3.8, 4) is 0 Å². The van der Waals surface area contributed by atoms with E-state index in [9.17, 15) is 9.59 Å². The Hall–Kier alpha value is -0.940. The van der Waals surface area contributed by atoms with E-state index in [-0.39, 0.29) is 6.04 Å². The second kappa shape index (κ2) is 9.92. The van der Waals surface area contributed by atoms with Crippen molar-refractivity contribution in [3.05, 3.63) is 0 Å². The van der Waals surface area contributed by atoms with Crippen LogP contribution in [0.25, 0.3) is 0 Å². The van der Waals surface area contributed by atoms with E-state index in [1.807, 2.05) is 20.8 Å². The lowest BCUT2D eigenvalue weighted by Gasteiger charge is -2.24. The first-order valence-electron chi connectivity index (χ1n) is 7.21. The SMILES string of the molecule is CC.CCCC(N)C(=O)C(=O)N1CCCC1COC. The quantitative estimate of drug-likeness (QED) is 0.741. The highest BCUT2D eigenvalue weighted by Gasteiger charge is 2.34. The van der Waals surface area contributed by atoms with E-state index >= 15 is 0 Å². The molecule has 1 fully saturated rings. The standard InChI is InChI=1S/C12H22N2O3.C2H6/c1-3-5-10(13)11(15)12(16)14-7-4-6-9(14)8-17-2;1-2/h9-10H,3-8,13H2,1-2H3;1-2H3. The molecule has 5 nitrogen and oxygen atoms in total. The van der Waals surface area contributed by atoms with Gasteiger partial charge in [0.05, 0.1) is 18.7 Å². The first-order valence-corrected chi connectivity index (χ1v) is 7.21. The van der Waals surface area contributed by atoms with Gasteiger partial charge in [-0.1, -0.05) is 27.2 Å². The minimum Gasteiger partial charge on any atom is -0.383 e. The number of carbonyl (C=O) groups excluding carboxylic acids is 2. The van der Waals surface area contributed by atoms with Gasteiger partial charge in [0, 0.05) is 13.7 Å². The molecule has 1 aliphatic heterocycles. The third kappa shape index (κ3) is 5.28. The number of carbonyl (C=O) groups is 2. The Bertz CT molecular complexity index is 282. The van der Waals surface area contributed by atoms with Crippen LogP contribution in [0.15, 0.2) is 0 Å². The van der Waals surface area contributed by atoms with Gasteiger partial charge < -0.3 is 15.4 Å². The fourth-order valence-corrected chi connectivity index (χ4v) is 2.21. The molecule has 2 N–H and O–H groups in total. The van der Waals surface area contributed by atoms with E-state index in [0.717, 1.165) is 19.3 Å². The number of methoxy groups -OCH3 is 1. The summed E-state index contributed by atoms with van der Waals surface area (Å²) in [5.74, 6) is -0.902. The van der Waals surface area contributed by atoms with Gasteiger partial charge in [-0.15, -0.1) is 0 Å². The molecule has 112 valence electrons. The number of nitrogens with two attached hydrogens (primary N) is 1. The first-order chi connectivity index (χ1) is 9.11. The Balaban J connectivity index is 0.00000154. The maximum Gasteiger partial charge on any atom is 0.291 e. The van der Waals surface area contributed by atoms with Crippen molar-refractivity contribution in [2.45, 2.75) is 58.5 Å². The number of rotatable bonds is 6. The summed E-state index contributed by atoms with van der Waals surface area (Å²) < 4.78 is 5.06. The molecule has 2 unspecified atom stereocenters. The number of nitrogens with zero attached hydrogens (tertiary/aromatic N) is 1. The predicted molar refractivity (Wildman–Crippen MR) is 75.8 cm³/mol. The molecule has 1 rings (SSSR count). The molecule has 0 aliphatic carbocycles. The van der Waals surface area contributed by atoms with Crippen LogP contribution < -0.4 is 5.73 Å². The van der Waals surface area contributed by atoms with Crippen molar-refractivity contribution in [3.63, 3.8) is 0 Å². The molecule has 1 heterocycles. The molecule has 0 aromatic carbocycles. The number of ether oxygens (including phenoxy) is 1. The number of likely N-dealkylation sites (tertiary alicyclic amines) is 1. The van der Waals surface area contributed by atoms with Crippen LogP contribution >= 0.6 is 0 Å². The van der Waals surface area contributed by atoms with Crippen LogP contribution in [0.1, 0.15) is 46.5 Å². The fourth-order valence-electron chi connectivity index (χ4n) is 2.21. The molecule has 1 saturated heterocycles. The number of amides is 1. The highest BCUT2D eigenvalue weighted by Crippen LogP contribution is 2.18. The van der Waals surface area contributed by atoms with E-state index < -0.39 is 17.7 Å². The molecule has 0 radical (unpaired) electrons. The second-order valence-corrected chi connectivity index (χ2v) is 4.51. The van der Waals surface area contributed by atoms with E-state index in [1.165, 1.54) is 0 Å². The lowest BCUT2D eigenvalue weighted by molar-refractivity contribution is -0.146. The maximum absolute atomic E-state index is 12.0. The van der Waals surface area contributed by atoms with Crippen molar-refractivity contribution < 1.29 is 14.3 Å². The second-order valence-electron chi connectivity index (χ2n) is 4.51. The van der Waals surface area contributed by atoms with Gasteiger partial charge >= 0.3 is 0 Å². The zero-order chi connectivity index (χ0) is 14.8. The Morgan fingerprint density at radius 2 is 2.05 bits per heavy atom. The lowest BCUT2D eigenvalue weighted by atomic mass is 10.1. The topological polar surface area (TPSA) is 72.6 Å². The van der Waals surface area contributed by atoms with Crippen molar-refractivity contribution >= 4 is 11.7 Å². The van der Waals surface area contributed by atoms with E-state index in [1.54, 1.807) is 12.0 Å². The zero-order valence-electron chi connectivity index (χ0n) is 12.6. The molecule has 2 atom stereocenters. The highest BCUT2D eigenvalue weighted by molar-refractivity contribution is 6.38. The third-order valence-corrected chi connectivity index (χ3v) is 3.14. The van der Waals surface area contributed by atoms with Crippen LogP contribution in [-0.4, -0.2) is 48.9 Å². The molecule has 5 heteroatoms.